The van der Waals surface area contributed by atoms with Crippen molar-refractivity contribution in [3.63, 3.8) is 0 Å². The number of carbonyl (C=O) groups excluding carboxylic acids is 2. The molecule has 0 aliphatic rings. The Bertz CT molecular complexity index is 772. The van der Waals surface area contributed by atoms with E-state index in [-0.39, 0.29) is 11.3 Å². The number of carboxylic acids is 1. The van der Waals surface area contributed by atoms with Crippen molar-refractivity contribution < 1.29 is 28.6 Å². The van der Waals surface area contributed by atoms with Gasteiger partial charge in [0.1, 0.15) is 11.9 Å². The molecule has 1 amide bonds. The summed E-state index contributed by atoms with van der Waals surface area (Å²) in [5.41, 5.74) is -0.343. The molecule has 0 aliphatic heterocycles. The van der Waals surface area contributed by atoms with Crippen molar-refractivity contribution in [2.45, 2.75) is 32.4 Å². The van der Waals surface area contributed by atoms with Crippen LogP contribution in [0.15, 0.2) is 47.1 Å². The van der Waals surface area contributed by atoms with E-state index in [2.05, 4.69) is 5.32 Å². The number of aromatic carboxylic acids is 1. The molecule has 0 aliphatic carbocycles. The maximum absolute atomic E-state index is 12.5. The topological polar surface area (TPSA) is 106 Å². The highest BCUT2D eigenvalue weighted by molar-refractivity contribution is 5.97. The minimum absolute atomic E-state index is 0.154. The van der Waals surface area contributed by atoms with Gasteiger partial charge in [-0.25, -0.2) is 9.59 Å². The second kappa shape index (κ2) is 7.21. The standard InChI is InChI=1S/C18H19NO6/c1-18(2,3)25-17(23)14(11-7-5-4-6-8-11)19-15(20)13-9-12(10-24-13)16(21)22/h4-10,14H,1-3H3,(H,19,20)(H,21,22)/t14-/m0/s1. The fraction of sp³-hybridized carbons (Fsp3) is 0.278. The van der Waals surface area contributed by atoms with Crippen LogP contribution < -0.4 is 5.32 Å². The molecule has 0 fully saturated rings. The van der Waals surface area contributed by atoms with Crippen molar-refractivity contribution in [3.8, 4) is 0 Å². The van der Waals surface area contributed by atoms with E-state index in [9.17, 15) is 14.4 Å². The number of amides is 1. The first-order valence-electron chi connectivity index (χ1n) is 7.58. The molecule has 0 saturated carbocycles. The number of carboxylic acid groups (broad SMARTS) is 1. The Morgan fingerprint density at radius 3 is 2.32 bits per heavy atom. The van der Waals surface area contributed by atoms with Crippen molar-refractivity contribution in [1.82, 2.24) is 5.32 Å². The first-order chi connectivity index (χ1) is 11.7. The number of ether oxygens (including phenoxy) is 1. The van der Waals surface area contributed by atoms with Gasteiger partial charge in [0.05, 0.1) is 5.56 Å². The SMILES string of the molecule is CC(C)(C)OC(=O)[C@@H](NC(=O)c1cc(C(=O)O)co1)c1ccccc1. The Morgan fingerprint density at radius 1 is 1.16 bits per heavy atom. The van der Waals surface area contributed by atoms with Crippen LogP contribution in [0.1, 0.15) is 53.3 Å². The number of furan rings is 1. The molecule has 0 saturated heterocycles. The minimum Gasteiger partial charge on any atom is -0.478 e. The van der Waals surface area contributed by atoms with Crippen LogP contribution in [0, 0.1) is 0 Å². The van der Waals surface area contributed by atoms with Crippen LogP contribution in [0.4, 0.5) is 0 Å². The molecular formula is C18H19NO6. The van der Waals surface area contributed by atoms with E-state index in [4.69, 9.17) is 14.3 Å². The largest absolute Gasteiger partial charge is 0.478 e. The minimum atomic E-state index is -1.21. The number of esters is 1. The molecule has 7 nitrogen and oxygen atoms in total. The van der Waals surface area contributed by atoms with Crippen LogP contribution in [0.2, 0.25) is 0 Å². The molecule has 2 rings (SSSR count). The molecule has 0 spiro atoms. The number of carbonyl (C=O) groups is 3. The van der Waals surface area contributed by atoms with Crippen LogP contribution in [0.25, 0.3) is 0 Å². The molecule has 132 valence electrons. The van der Waals surface area contributed by atoms with E-state index < -0.39 is 29.5 Å². The van der Waals surface area contributed by atoms with Gasteiger partial charge in [0.15, 0.2) is 11.8 Å². The van der Waals surface area contributed by atoms with Crippen molar-refractivity contribution in [1.29, 1.82) is 0 Å². The summed E-state index contributed by atoms with van der Waals surface area (Å²) in [7, 11) is 0. The average Bonchev–Trinajstić information content (AvgIpc) is 3.01. The summed E-state index contributed by atoms with van der Waals surface area (Å²) in [5.74, 6) is -2.76. The van der Waals surface area contributed by atoms with Gasteiger partial charge in [0.25, 0.3) is 5.91 Å². The van der Waals surface area contributed by atoms with Crippen LogP contribution in [-0.2, 0) is 9.53 Å². The molecule has 25 heavy (non-hydrogen) atoms. The highest BCUT2D eigenvalue weighted by atomic mass is 16.6. The number of hydrogen-bond acceptors (Lipinski definition) is 5. The van der Waals surface area contributed by atoms with Gasteiger partial charge in [-0.05, 0) is 26.3 Å². The zero-order valence-corrected chi connectivity index (χ0v) is 14.1. The fourth-order valence-corrected chi connectivity index (χ4v) is 2.05. The normalized spacial score (nSPS) is 12.3. The number of nitrogens with one attached hydrogen (secondary N) is 1. The molecular weight excluding hydrogens is 326 g/mol. The Labute approximate surface area is 144 Å². The van der Waals surface area contributed by atoms with Gasteiger partial charge in [-0.1, -0.05) is 30.3 Å². The summed E-state index contributed by atoms with van der Waals surface area (Å²) in [6, 6.07) is 8.64. The lowest BCUT2D eigenvalue weighted by Crippen LogP contribution is -2.38. The van der Waals surface area contributed by atoms with Crippen LogP contribution in [0.5, 0.6) is 0 Å². The van der Waals surface area contributed by atoms with Crippen molar-refractivity contribution >= 4 is 17.8 Å². The third-order valence-corrected chi connectivity index (χ3v) is 3.12. The smallest absolute Gasteiger partial charge is 0.338 e. The van der Waals surface area contributed by atoms with Gasteiger partial charge in [-0.2, -0.15) is 0 Å². The second-order valence-corrected chi connectivity index (χ2v) is 6.36. The van der Waals surface area contributed by atoms with E-state index in [1.54, 1.807) is 51.1 Å². The van der Waals surface area contributed by atoms with Crippen LogP contribution in [0.3, 0.4) is 0 Å². The van der Waals surface area contributed by atoms with Gasteiger partial charge >= 0.3 is 11.9 Å². The molecule has 1 aromatic heterocycles. The number of rotatable bonds is 5. The lowest BCUT2D eigenvalue weighted by Gasteiger charge is -2.24. The van der Waals surface area contributed by atoms with E-state index in [0.717, 1.165) is 12.3 Å². The Balaban J connectivity index is 2.24. The maximum Gasteiger partial charge on any atom is 0.338 e. The molecule has 7 heteroatoms. The van der Waals surface area contributed by atoms with Crippen molar-refractivity contribution in [2.75, 3.05) is 0 Å². The van der Waals surface area contributed by atoms with Crippen molar-refractivity contribution in [3.05, 3.63) is 59.5 Å². The summed E-state index contributed by atoms with van der Waals surface area (Å²) in [6.07, 6.45) is 0.961. The van der Waals surface area contributed by atoms with E-state index in [1.807, 2.05) is 0 Å². The molecule has 1 aromatic carbocycles. The predicted molar refractivity (Wildman–Crippen MR) is 88.2 cm³/mol. The van der Waals surface area contributed by atoms with Crippen molar-refractivity contribution in [2.24, 2.45) is 0 Å². The average molecular weight is 345 g/mol. The van der Waals surface area contributed by atoms with E-state index >= 15 is 0 Å². The molecule has 0 unspecified atom stereocenters. The third kappa shape index (κ3) is 4.94. The zero-order chi connectivity index (χ0) is 18.6. The third-order valence-electron chi connectivity index (χ3n) is 3.12. The highest BCUT2D eigenvalue weighted by Gasteiger charge is 2.29. The van der Waals surface area contributed by atoms with E-state index in [1.165, 1.54) is 0 Å². The van der Waals surface area contributed by atoms with Gasteiger partial charge in [-0.3, -0.25) is 4.79 Å². The highest BCUT2D eigenvalue weighted by Crippen LogP contribution is 2.19. The molecule has 2 N–H and O–H groups in total. The first kappa shape index (κ1) is 18.3. The van der Waals surface area contributed by atoms with Crippen LogP contribution in [-0.4, -0.2) is 28.6 Å². The zero-order valence-electron chi connectivity index (χ0n) is 14.1. The summed E-state index contributed by atoms with van der Waals surface area (Å²) < 4.78 is 10.3. The van der Waals surface area contributed by atoms with Gasteiger partial charge < -0.3 is 19.6 Å². The lowest BCUT2D eigenvalue weighted by molar-refractivity contribution is -0.157. The number of benzene rings is 1. The Morgan fingerprint density at radius 2 is 1.80 bits per heavy atom. The van der Waals surface area contributed by atoms with Gasteiger partial charge in [-0.15, -0.1) is 0 Å². The Hall–Kier alpha value is -3.09. The monoisotopic (exact) mass is 345 g/mol. The van der Waals surface area contributed by atoms with E-state index in [0.29, 0.717) is 5.56 Å². The molecule has 2 aromatic rings. The summed E-state index contributed by atoms with van der Waals surface area (Å²) in [6.45, 7) is 5.17. The molecule has 0 radical (unpaired) electrons. The van der Waals surface area contributed by atoms with Gasteiger partial charge in [0, 0.05) is 6.07 Å². The Kier molecular flexibility index (Phi) is 5.26. The summed E-state index contributed by atoms with van der Waals surface area (Å²) >= 11 is 0. The quantitative estimate of drug-likeness (QED) is 0.807. The maximum atomic E-state index is 12.5. The molecule has 1 heterocycles. The number of hydrogen-bond donors (Lipinski definition) is 2. The summed E-state index contributed by atoms with van der Waals surface area (Å²) in [4.78, 5) is 35.7. The van der Waals surface area contributed by atoms with Gasteiger partial charge in [0.2, 0.25) is 0 Å². The molecule has 1 atom stereocenters. The second-order valence-electron chi connectivity index (χ2n) is 6.36. The summed E-state index contributed by atoms with van der Waals surface area (Å²) in [5, 5.41) is 11.4. The van der Waals surface area contributed by atoms with Crippen LogP contribution >= 0.6 is 0 Å². The first-order valence-corrected chi connectivity index (χ1v) is 7.58. The fourth-order valence-electron chi connectivity index (χ4n) is 2.05. The predicted octanol–water partition coefficient (Wildman–Crippen LogP) is 2.79. The lowest BCUT2D eigenvalue weighted by atomic mass is 10.1. The molecule has 0 bridgehead atoms.